The second kappa shape index (κ2) is 7.17. The van der Waals surface area contributed by atoms with Crippen LogP contribution >= 0.6 is 0 Å². The summed E-state index contributed by atoms with van der Waals surface area (Å²) in [6.45, 7) is 0. The highest BCUT2D eigenvalue weighted by molar-refractivity contribution is 6.15. The summed E-state index contributed by atoms with van der Waals surface area (Å²) in [5, 5.41) is 12.3. The van der Waals surface area contributed by atoms with Crippen LogP contribution in [-0.2, 0) is 4.79 Å². The van der Waals surface area contributed by atoms with Gasteiger partial charge in [-0.2, -0.15) is 0 Å². The Balaban J connectivity index is 2.30. The largest absolute Gasteiger partial charge is 0.497 e. The zero-order valence-electron chi connectivity index (χ0n) is 12.4. The molecule has 5 nitrogen and oxygen atoms in total. The molecule has 2 aromatic carbocycles. The predicted molar refractivity (Wildman–Crippen MR) is 85.2 cm³/mol. The van der Waals surface area contributed by atoms with E-state index >= 15 is 0 Å². The van der Waals surface area contributed by atoms with Crippen LogP contribution in [0, 0.1) is 0 Å². The second-order valence-electron chi connectivity index (χ2n) is 4.47. The quantitative estimate of drug-likeness (QED) is 0.801. The van der Waals surface area contributed by atoms with Gasteiger partial charge in [-0.25, -0.2) is 4.79 Å². The van der Waals surface area contributed by atoms with Gasteiger partial charge in [-0.05, 0) is 5.56 Å². The minimum atomic E-state index is -1.01. The number of benzene rings is 2. The fourth-order valence-corrected chi connectivity index (χ4v) is 1.93. The van der Waals surface area contributed by atoms with Crippen molar-refractivity contribution in [3.63, 3.8) is 0 Å². The number of carbonyl (C=O) groups is 1. The van der Waals surface area contributed by atoms with E-state index in [1.165, 1.54) is 6.20 Å². The van der Waals surface area contributed by atoms with Crippen molar-refractivity contribution in [2.24, 2.45) is 0 Å². The van der Waals surface area contributed by atoms with Crippen molar-refractivity contribution < 1.29 is 19.4 Å². The van der Waals surface area contributed by atoms with E-state index in [0.717, 1.165) is 0 Å². The Bertz CT molecular complexity index is 658. The number of methoxy groups -OCH3 is 2. The number of hydrogen-bond acceptors (Lipinski definition) is 4. The zero-order chi connectivity index (χ0) is 15.9. The lowest BCUT2D eigenvalue weighted by atomic mass is 10.1. The fourth-order valence-electron chi connectivity index (χ4n) is 1.93. The second-order valence-corrected chi connectivity index (χ2v) is 4.47. The Hall–Kier alpha value is -2.95. The third kappa shape index (κ3) is 3.79. The smallest absolute Gasteiger partial charge is 0.337 e. The van der Waals surface area contributed by atoms with Gasteiger partial charge in [-0.1, -0.05) is 30.3 Å². The molecule has 0 amide bonds. The van der Waals surface area contributed by atoms with Gasteiger partial charge in [-0.15, -0.1) is 0 Å². The minimum absolute atomic E-state index is 0.169. The SMILES string of the molecule is COc1cc(NC=C(C(=O)O)c2ccccc2)cc(OC)c1. The number of ether oxygens (including phenoxy) is 2. The first kappa shape index (κ1) is 15.4. The number of aliphatic carboxylic acids is 1. The summed E-state index contributed by atoms with van der Waals surface area (Å²) < 4.78 is 10.4. The van der Waals surface area contributed by atoms with Gasteiger partial charge in [0.2, 0.25) is 0 Å². The molecule has 0 aromatic heterocycles. The molecule has 0 saturated heterocycles. The molecule has 0 saturated carbocycles. The van der Waals surface area contributed by atoms with E-state index in [2.05, 4.69) is 5.32 Å². The Morgan fingerprint density at radius 3 is 2.14 bits per heavy atom. The molecule has 2 rings (SSSR count). The van der Waals surface area contributed by atoms with Gasteiger partial charge in [0.25, 0.3) is 0 Å². The molecular weight excluding hydrogens is 282 g/mol. The van der Waals surface area contributed by atoms with E-state index in [9.17, 15) is 9.90 Å². The third-order valence-electron chi connectivity index (χ3n) is 3.05. The molecule has 0 atom stereocenters. The van der Waals surface area contributed by atoms with E-state index < -0.39 is 5.97 Å². The minimum Gasteiger partial charge on any atom is -0.497 e. The Morgan fingerprint density at radius 2 is 1.64 bits per heavy atom. The van der Waals surface area contributed by atoms with Crippen molar-refractivity contribution >= 4 is 17.2 Å². The van der Waals surface area contributed by atoms with Gasteiger partial charge >= 0.3 is 5.97 Å². The molecule has 22 heavy (non-hydrogen) atoms. The molecular formula is C17H17NO4. The van der Waals surface area contributed by atoms with Gasteiger partial charge in [0, 0.05) is 30.1 Å². The summed E-state index contributed by atoms with van der Waals surface area (Å²) in [4.78, 5) is 11.4. The average molecular weight is 299 g/mol. The van der Waals surface area contributed by atoms with E-state index in [1.807, 2.05) is 6.07 Å². The summed E-state index contributed by atoms with van der Waals surface area (Å²) >= 11 is 0. The number of hydrogen-bond donors (Lipinski definition) is 2. The Morgan fingerprint density at radius 1 is 1.05 bits per heavy atom. The molecule has 0 aliphatic heterocycles. The van der Waals surface area contributed by atoms with E-state index in [0.29, 0.717) is 22.7 Å². The lowest BCUT2D eigenvalue weighted by Crippen LogP contribution is -2.02. The number of rotatable bonds is 6. The highest BCUT2D eigenvalue weighted by Crippen LogP contribution is 2.26. The molecule has 0 heterocycles. The summed E-state index contributed by atoms with van der Waals surface area (Å²) in [7, 11) is 3.11. The van der Waals surface area contributed by atoms with Gasteiger partial charge < -0.3 is 19.9 Å². The first-order chi connectivity index (χ1) is 10.6. The average Bonchev–Trinajstić information content (AvgIpc) is 2.55. The molecule has 0 fully saturated rings. The van der Waals surface area contributed by atoms with Crippen LogP contribution in [0.4, 0.5) is 5.69 Å². The Kier molecular flexibility index (Phi) is 5.03. The topological polar surface area (TPSA) is 67.8 Å². The lowest BCUT2D eigenvalue weighted by molar-refractivity contribution is -0.130. The Labute approximate surface area is 128 Å². The van der Waals surface area contributed by atoms with Crippen LogP contribution < -0.4 is 14.8 Å². The summed E-state index contributed by atoms with van der Waals surface area (Å²) in [6, 6.07) is 14.2. The monoisotopic (exact) mass is 299 g/mol. The van der Waals surface area contributed by atoms with Crippen molar-refractivity contribution in [3.05, 3.63) is 60.3 Å². The molecule has 114 valence electrons. The molecule has 2 aromatic rings. The van der Waals surface area contributed by atoms with Crippen molar-refractivity contribution in [2.75, 3.05) is 19.5 Å². The predicted octanol–water partition coefficient (Wildman–Crippen LogP) is 3.24. The molecule has 2 N–H and O–H groups in total. The summed E-state index contributed by atoms with van der Waals surface area (Å²) in [5.74, 6) is 0.229. The molecule has 0 radical (unpaired) electrons. The number of nitrogens with one attached hydrogen (secondary N) is 1. The highest BCUT2D eigenvalue weighted by Gasteiger charge is 2.10. The van der Waals surface area contributed by atoms with Crippen LogP contribution in [0.15, 0.2) is 54.7 Å². The van der Waals surface area contributed by atoms with Gasteiger partial charge in [-0.3, -0.25) is 0 Å². The van der Waals surface area contributed by atoms with Crippen molar-refractivity contribution in [3.8, 4) is 11.5 Å². The highest BCUT2D eigenvalue weighted by atomic mass is 16.5. The first-order valence-electron chi connectivity index (χ1n) is 6.62. The van der Waals surface area contributed by atoms with Crippen LogP contribution in [0.2, 0.25) is 0 Å². The van der Waals surface area contributed by atoms with Crippen LogP contribution in [0.1, 0.15) is 5.56 Å². The van der Waals surface area contributed by atoms with Crippen LogP contribution in [-0.4, -0.2) is 25.3 Å². The van der Waals surface area contributed by atoms with Crippen LogP contribution in [0.5, 0.6) is 11.5 Å². The zero-order valence-corrected chi connectivity index (χ0v) is 12.4. The molecule has 0 aliphatic rings. The number of anilines is 1. The maximum absolute atomic E-state index is 11.4. The molecule has 0 unspecified atom stereocenters. The molecule has 5 heteroatoms. The van der Waals surface area contributed by atoms with Crippen molar-refractivity contribution in [2.45, 2.75) is 0 Å². The number of carboxylic acids is 1. The van der Waals surface area contributed by atoms with E-state index in [-0.39, 0.29) is 5.57 Å². The van der Waals surface area contributed by atoms with Gasteiger partial charge in [0.05, 0.1) is 19.8 Å². The molecule has 0 aliphatic carbocycles. The van der Waals surface area contributed by atoms with Gasteiger partial charge in [0.1, 0.15) is 11.5 Å². The lowest BCUT2D eigenvalue weighted by Gasteiger charge is -2.09. The standard InChI is InChI=1S/C17H17NO4/c1-21-14-8-13(9-15(10-14)22-2)18-11-16(17(19)20)12-6-4-3-5-7-12/h3-11,18H,1-2H3,(H,19,20). The van der Waals surface area contributed by atoms with E-state index in [1.54, 1.807) is 56.7 Å². The van der Waals surface area contributed by atoms with Crippen LogP contribution in [0.25, 0.3) is 5.57 Å². The maximum Gasteiger partial charge on any atom is 0.337 e. The maximum atomic E-state index is 11.4. The molecule has 0 bridgehead atoms. The molecule has 0 spiro atoms. The number of carboxylic acid groups (broad SMARTS) is 1. The van der Waals surface area contributed by atoms with Crippen LogP contribution in [0.3, 0.4) is 0 Å². The normalized spacial score (nSPS) is 10.9. The van der Waals surface area contributed by atoms with Crippen molar-refractivity contribution in [1.29, 1.82) is 0 Å². The van der Waals surface area contributed by atoms with E-state index in [4.69, 9.17) is 9.47 Å². The first-order valence-corrected chi connectivity index (χ1v) is 6.62. The summed E-state index contributed by atoms with van der Waals surface area (Å²) in [5.41, 5.74) is 1.46. The fraction of sp³-hybridized carbons (Fsp3) is 0.118. The van der Waals surface area contributed by atoms with Crippen molar-refractivity contribution in [1.82, 2.24) is 0 Å². The third-order valence-corrected chi connectivity index (χ3v) is 3.05. The summed E-state index contributed by atoms with van der Waals surface area (Å²) in [6.07, 6.45) is 1.45. The van der Waals surface area contributed by atoms with Gasteiger partial charge in [0.15, 0.2) is 0 Å².